The summed E-state index contributed by atoms with van der Waals surface area (Å²) in [5.41, 5.74) is 7.48. The van der Waals surface area contributed by atoms with Crippen LogP contribution >= 0.6 is 34.8 Å². The summed E-state index contributed by atoms with van der Waals surface area (Å²) in [5, 5.41) is 4.69. The van der Waals surface area contributed by atoms with Crippen molar-refractivity contribution in [3.63, 3.8) is 0 Å². The summed E-state index contributed by atoms with van der Waals surface area (Å²) in [6, 6.07) is 18.8. The fourth-order valence-corrected chi connectivity index (χ4v) is 3.34. The van der Waals surface area contributed by atoms with Crippen LogP contribution in [0.3, 0.4) is 0 Å². The molecular weight excluding hydrogens is 435 g/mol. The molecule has 8 heteroatoms. The van der Waals surface area contributed by atoms with E-state index in [1.54, 1.807) is 36.4 Å². The van der Waals surface area contributed by atoms with Crippen LogP contribution in [-0.2, 0) is 11.4 Å². The number of oxime groups is 1. The molecule has 0 atom stereocenters. The molecule has 0 radical (unpaired) electrons. The molecule has 3 aromatic carbocycles. The van der Waals surface area contributed by atoms with E-state index >= 15 is 0 Å². The van der Waals surface area contributed by atoms with E-state index in [9.17, 15) is 4.79 Å². The summed E-state index contributed by atoms with van der Waals surface area (Å²) >= 11 is 18.1. The minimum Gasteiger partial charge on any atom is -0.486 e. The van der Waals surface area contributed by atoms with Gasteiger partial charge in [0, 0.05) is 10.6 Å². The van der Waals surface area contributed by atoms with E-state index in [1.807, 2.05) is 18.2 Å². The topological polar surface area (TPSA) is 73.9 Å². The van der Waals surface area contributed by atoms with Crippen molar-refractivity contribution in [1.29, 1.82) is 0 Å². The van der Waals surface area contributed by atoms with Crippen LogP contribution in [0.4, 0.5) is 0 Å². The summed E-state index contributed by atoms with van der Waals surface area (Å²) in [4.78, 5) is 17.2. The molecule has 0 bridgehead atoms. The third-order valence-corrected chi connectivity index (χ3v) is 4.59. The summed E-state index contributed by atoms with van der Waals surface area (Å²) in [5.74, 6) is -0.232. The Balaban J connectivity index is 1.67. The molecule has 2 N–H and O–H groups in total. The van der Waals surface area contributed by atoms with Crippen LogP contribution in [0.15, 0.2) is 71.9 Å². The highest BCUT2D eigenvalue weighted by molar-refractivity contribution is 6.40. The summed E-state index contributed by atoms with van der Waals surface area (Å²) in [7, 11) is 0. The maximum Gasteiger partial charge on any atom is 0.365 e. The Morgan fingerprint density at radius 3 is 2.24 bits per heavy atom. The fourth-order valence-electron chi connectivity index (χ4n) is 2.42. The molecule has 3 rings (SSSR count). The number of nitrogens with zero attached hydrogens (tertiary/aromatic N) is 1. The van der Waals surface area contributed by atoms with E-state index in [0.717, 1.165) is 0 Å². The average Bonchev–Trinajstić information content (AvgIpc) is 2.72. The number of amidine groups is 1. The number of hydrogen-bond acceptors (Lipinski definition) is 4. The van der Waals surface area contributed by atoms with E-state index in [0.29, 0.717) is 37.5 Å². The second-order valence-corrected chi connectivity index (χ2v) is 7.16. The molecule has 0 aliphatic carbocycles. The van der Waals surface area contributed by atoms with Crippen molar-refractivity contribution in [3.05, 3.63) is 98.5 Å². The summed E-state index contributed by atoms with van der Waals surface area (Å²) < 4.78 is 5.68. The first-order chi connectivity index (χ1) is 13.9. The van der Waals surface area contributed by atoms with Gasteiger partial charge in [0.2, 0.25) is 0 Å². The van der Waals surface area contributed by atoms with Gasteiger partial charge in [-0.05, 0) is 29.8 Å². The van der Waals surface area contributed by atoms with Crippen LogP contribution in [0.1, 0.15) is 21.5 Å². The highest BCUT2D eigenvalue weighted by Crippen LogP contribution is 2.36. The third-order valence-electron chi connectivity index (χ3n) is 3.81. The van der Waals surface area contributed by atoms with Crippen LogP contribution in [0.25, 0.3) is 0 Å². The molecule has 148 valence electrons. The standard InChI is InChI=1S/C21H15Cl3N2O3/c22-16-10-17(23)19(18(24)11-16)28-12-13-5-4-8-15(9-13)21(27)29-26-20(25)14-6-2-1-3-7-14/h1-11H,12H2,(H2,25,26). The van der Waals surface area contributed by atoms with Gasteiger partial charge in [0.1, 0.15) is 6.61 Å². The zero-order valence-corrected chi connectivity index (χ0v) is 17.2. The molecule has 0 saturated carbocycles. The Morgan fingerprint density at radius 1 is 0.897 bits per heavy atom. The van der Waals surface area contributed by atoms with Crippen LogP contribution in [0.5, 0.6) is 5.75 Å². The van der Waals surface area contributed by atoms with Crippen LogP contribution in [0.2, 0.25) is 15.1 Å². The Kier molecular flexibility index (Phi) is 6.99. The van der Waals surface area contributed by atoms with Crippen molar-refractivity contribution < 1.29 is 14.4 Å². The molecule has 3 aromatic rings. The van der Waals surface area contributed by atoms with E-state index in [2.05, 4.69) is 5.16 Å². The predicted octanol–water partition coefficient (Wildman–Crippen LogP) is 5.70. The zero-order chi connectivity index (χ0) is 20.8. The number of halogens is 3. The Labute approximate surface area is 182 Å². The van der Waals surface area contributed by atoms with E-state index in [4.69, 9.17) is 50.1 Å². The maximum atomic E-state index is 12.3. The number of ether oxygens (including phenoxy) is 1. The molecule has 0 aromatic heterocycles. The molecule has 0 fully saturated rings. The number of rotatable bonds is 6. The van der Waals surface area contributed by atoms with Gasteiger partial charge in [-0.1, -0.05) is 82.4 Å². The lowest BCUT2D eigenvalue weighted by Crippen LogP contribution is -2.15. The monoisotopic (exact) mass is 448 g/mol. The SMILES string of the molecule is N/C(=N\OC(=O)c1cccc(COc2c(Cl)cc(Cl)cc2Cl)c1)c1ccccc1. The number of hydrogen-bond donors (Lipinski definition) is 1. The molecule has 5 nitrogen and oxygen atoms in total. The number of nitrogens with two attached hydrogens (primary N) is 1. The smallest absolute Gasteiger partial charge is 0.365 e. The van der Waals surface area contributed by atoms with Gasteiger partial charge in [0.05, 0.1) is 15.6 Å². The van der Waals surface area contributed by atoms with Crippen molar-refractivity contribution >= 4 is 46.6 Å². The van der Waals surface area contributed by atoms with Crippen molar-refractivity contribution in [2.75, 3.05) is 0 Å². The van der Waals surface area contributed by atoms with Gasteiger partial charge in [0.15, 0.2) is 11.6 Å². The molecule has 29 heavy (non-hydrogen) atoms. The highest BCUT2D eigenvalue weighted by atomic mass is 35.5. The van der Waals surface area contributed by atoms with Crippen molar-refractivity contribution in [1.82, 2.24) is 0 Å². The Bertz CT molecular complexity index is 1030. The third kappa shape index (κ3) is 5.64. The molecule has 0 saturated heterocycles. The number of carbonyl (C=O) groups excluding carboxylic acids is 1. The van der Waals surface area contributed by atoms with Gasteiger partial charge >= 0.3 is 5.97 Å². The summed E-state index contributed by atoms with van der Waals surface area (Å²) in [6.07, 6.45) is 0. The zero-order valence-electron chi connectivity index (χ0n) is 14.9. The molecule has 0 unspecified atom stereocenters. The van der Waals surface area contributed by atoms with Crippen molar-refractivity contribution in [2.45, 2.75) is 6.61 Å². The average molecular weight is 450 g/mol. The first-order valence-electron chi connectivity index (χ1n) is 8.40. The Hall–Kier alpha value is -2.73. The van der Waals surface area contributed by atoms with Gasteiger partial charge in [-0.15, -0.1) is 0 Å². The van der Waals surface area contributed by atoms with Gasteiger partial charge < -0.3 is 15.3 Å². The van der Waals surface area contributed by atoms with Crippen LogP contribution in [0, 0.1) is 0 Å². The normalized spacial score (nSPS) is 11.2. The van der Waals surface area contributed by atoms with Crippen molar-refractivity contribution in [2.24, 2.45) is 10.9 Å². The summed E-state index contributed by atoms with van der Waals surface area (Å²) in [6.45, 7) is 0.137. The second-order valence-electron chi connectivity index (χ2n) is 5.91. The Morgan fingerprint density at radius 2 is 1.55 bits per heavy atom. The fraction of sp³-hybridized carbons (Fsp3) is 0.0476. The molecule has 0 heterocycles. The van der Waals surface area contributed by atoms with Gasteiger partial charge in [-0.2, -0.15) is 0 Å². The maximum absolute atomic E-state index is 12.3. The molecule has 0 aliphatic rings. The van der Waals surface area contributed by atoms with Gasteiger partial charge in [0.25, 0.3) is 0 Å². The second kappa shape index (κ2) is 9.65. The largest absolute Gasteiger partial charge is 0.486 e. The molecule has 0 aliphatic heterocycles. The van der Waals surface area contributed by atoms with E-state index in [-0.39, 0.29) is 12.4 Å². The minimum atomic E-state index is -0.645. The van der Waals surface area contributed by atoms with Gasteiger partial charge in [-0.3, -0.25) is 0 Å². The quantitative estimate of drug-likeness (QED) is 0.227. The first kappa shape index (κ1) is 21.0. The lowest BCUT2D eigenvalue weighted by atomic mass is 10.1. The molecule has 0 amide bonds. The van der Waals surface area contributed by atoms with Crippen LogP contribution in [-0.4, -0.2) is 11.8 Å². The predicted molar refractivity (Wildman–Crippen MR) is 115 cm³/mol. The van der Waals surface area contributed by atoms with E-state index in [1.165, 1.54) is 12.1 Å². The first-order valence-corrected chi connectivity index (χ1v) is 9.54. The number of benzene rings is 3. The molecular formula is C21H15Cl3N2O3. The highest BCUT2D eigenvalue weighted by Gasteiger charge is 2.12. The lowest BCUT2D eigenvalue weighted by Gasteiger charge is -2.11. The lowest BCUT2D eigenvalue weighted by molar-refractivity contribution is 0.0516. The van der Waals surface area contributed by atoms with Crippen molar-refractivity contribution in [3.8, 4) is 5.75 Å². The van der Waals surface area contributed by atoms with E-state index < -0.39 is 5.97 Å². The van der Waals surface area contributed by atoms with Gasteiger partial charge in [-0.25, -0.2) is 4.79 Å². The number of carbonyl (C=O) groups is 1. The minimum absolute atomic E-state index is 0.102. The van der Waals surface area contributed by atoms with Crippen LogP contribution < -0.4 is 10.5 Å². The molecule has 0 spiro atoms.